The predicted octanol–water partition coefficient (Wildman–Crippen LogP) is 1.61. The number of hydrogen-bond donors (Lipinski definition) is 0. The van der Waals surface area contributed by atoms with Crippen LogP contribution in [0.3, 0.4) is 0 Å². The molecule has 3 aromatic rings. The van der Waals surface area contributed by atoms with E-state index >= 15 is 0 Å². The van der Waals surface area contributed by atoms with Gasteiger partial charge in [-0.15, -0.1) is 0 Å². The zero-order valence-electron chi connectivity index (χ0n) is 15.4. The molecule has 136 valence electrons. The van der Waals surface area contributed by atoms with E-state index in [0.717, 1.165) is 30.2 Å². The lowest BCUT2D eigenvalue weighted by atomic mass is 10.2. The number of piperazine rings is 1. The van der Waals surface area contributed by atoms with Crippen molar-refractivity contribution in [1.29, 1.82) is 0 Å². The zero-order chi connectivity index (χ0) is 18.4. The molecule has 0 aliphatic carbocycles. The summed E-state index contributed by atoms with van der Waals surface area (Å²) in [6, 6.07) is 0. The lowest BCUT2D eigenvalue weighted by Crippen LogP contribution is -2.48. The SMILES string of the molecule is Cc1nc(C)c(F)c(N2CCN(c3c(C)c(C)nc4ncnn34)CC2)n1. The van der Waals surface area contributed by atoms with Crippen molar-refractivity contribution in [2.24, 2.45) is 0 Å². The molecule has 0 unspecified atom stereocenters. The van der Waals surface area contributed by atoms with E-state index in [1.807, 2.05) is 18.7 Å². The number of anilines is 2. The van der Waals surface area contributed by atoms with Gasteiger partial charge < -0.3 is 9.80 Å². The third-order valence-electron chi connectivity index (χ3n) is 4.87. The summed E-state index contributed by atoms with van der Waals surface area (Å²) in [7, 11) is 0. The Hall–Kier alpha value is -2.84. The molecule has 4 heterocycles. The van der Waals surface area contributed by atoms with Gasteiger partial charge >= 0.3 is 0 Å². The smallest absolute Gasteiger partial charge is 0.254 e. The average Bonchev–Trinajstić information content (AvgIpc) is 3.07. The van der Waals surface area contributed by atoms with Crippen molar-refractivity contribution in [1.82, 2.24) is 29.5 Å². The van der Waals surface area contributed by atoms with Crippen LogP contribution in [0.25, 0.3) is 5.78 Å². The van der Waals surface area contributed by atoms with E-state index in [9.17, 15) is 4.39 Å². The van der Waals surface area contributed by atoms with Crippen molar-refractivity contribution in [2.75, 3.05) is 36.0 Å². The van der Waals surface area contributed by atoms with Gasteiger partial charge in [0, 0.05) is 37.4 Å². The normalized spacial score (nSPS) is 15.1. The molecule has 0 atom stereocenters. The summed E-state index contributed by atoms with van der Waals surface area (Å²) in [6.45, 7) is 10.3. The van der Waals surface area contributed by atoms with Gasteiger partial charge in [0.15, 0.2) is 11.6 Å². The highest BCUT2D eigenvalue weighted by molar-refractivity contribution is 5.55. The van der Waals surface area contributed by atoms with Crippen LogP contribution in [-0.4, -0.2) is 55.7 Å². The van der Waals surface area contributed by atoms with Gasteiger partial charge in [0.25, 0.3) is 5.78 Å². The number of halogens is 1. The minimum absolute atomic E-state index is 0.335. The summed E-state index contributed by atoms with van der Waals surface area (Å²) in [6.07, 6.45) is 1.52. The summed E-state index contributed by atoms with van der Waals surface area (Å²) >= 11 is 0. The molecule has 0 N–H and O–H groups in total. The fourth-order valence-electron chi connectivity index (χ4n) is 3.41. The van der Waals surface area contributed by atoms with Crippen LogP contribution < -0.4 is 9.80 Å². The molecule has 1 fully saturated rings. The second kappa shape index (κ2) is 6.15. The van der Waals surface area contributed by atoms with Gasteiger partial charge in [0.1, 0.15) is 18.0 Å². The molecule has 0 aromatic carbocycles. The van der Waals surface area contributed by atoms with E-state index in [1.54, 1.807) is 18.4 Å². The van der Waals surface area contributed by atoms with E-state index in [0.29, 0.717) is 36.2 Å². The lowest BCUT2D eigenvalue weighted by Gasteiger charge is -2.37. The maximum absolute atomic E-state index is 14.5. The number of aromatic nitrogens is 6. The first-order valence-corrected chi connectivity index (χ1v) is 8.63. The predicted molar refractivity (Wildman–Crippen MR) is 96.1 cm³/mol. The van der Waals surface area contributed by atoms with Crippen molar-refractivity contribution in [3.8, 4) is 0 Å². The highest BCUT2D eigenvalue weighted by atomic mass is 19.1. The zero-order valence-corrected chi connectivity index (χ0v) is 15.4. The fraction of sp³-hybridized carbons (Fsp3) is 0.471. The summed E-state index contributed by atoms with van der Waals surface area (Å²) < 4.78 is 16.2. The van der Waals surface area contributed by atoms with Crippen molar-refractivity contribution in [3.63, 3.8) is 0 Å². The molecule has 0 radical (unpaired) electrons. The van der Waals surface area contributed by atoms with Crippen LogP contribution in [0.4, 0.5) is 16.0 Å². The molecule has 1 aliphatic heterocycles. The third-order valence-corrected chi connectivity index (χ3v) is 4.87. The summed E-state index contributed by atoms with van der Waals surface area (Å²) in [5, 5.41) is 4.32. The summed E-state index contributed by atoms with van der Waals surface area (Å²) in [5.74, 6) is 2.24. The minimum atomic E-state index is -0.335. The number of rotatable bonds is 2. The Morgan fingerprint density at radius 1 is 0.885 bits per heavy atom. The summed E-state index contributed by atoms with van der Waals surface area (Å²) in [4.78, 5) is 21.3. The number of fused-ring (bicyclic) bond motifs is 1. The van der Waals surface area contributed by atoms with Gasteiger partial charge in [-0.25, -0.2) is 19.3 Å². The van der Waals surface area contributed by atoms with Crippen molar-refractivity contribution < 1.29 is 4.39 Å². The molecule has 4 rings (SSSR count). The number of aryl methyl sites for hydroxylation is 3. The topological polar surface area (TPSA) is 75.3 Å². The lowest BCUT2D eigenvalue weighted by molar-refractivity contribution is 0.568. The van der Waals surface area contributed by atoms with Crippen LogP contribution in [0.5, 0.6) is 0 Å². The Morgan fingerprint density at radius 3 is 2.31 bits per heavy atom. The molecule has 3 aromatic heterocycles. The second-order valence-electron chi connectivity index (χ2n) is 6.59. The first-order chi connectivity index (χ1) is 12.5. The molecule has 1 aliphatic rings. The van der Waals surface area contributed by atoms with Crippen LogP contribution in [-0.2, 0) is 0 Å². The largest absolute Gasteiger partial charge is 0.353 e. The van der Waals surface area contributed by atoms with E-state index in [1.165, 1.54) is 6.33 Å². The molecule has 0 spiro atoms. The van der Waals surface area contributed by atoms with Gasteiger partial charge in [-0.1, -0.05) is 0 Å². The van der Waals surface area contributed by atoms with Crippen LogP contribution >= 0.6 is 0 Å². The fourth-order valence-corrected chi connectivity index (χ4v) is 3.41. The van der Waals surface area contributed by atoms with Gasteiger partial charge in [-0.3, -0.25) is 0 Å². The first kappa shape index (κ1) is 16.6. The minimum Gasteiger partial charge on any atom is -0.353 e. The Kier molecular flexibility index (Phi) is 3.93. The summed E-state index contributed by atoms with van der Waals surface area (Å²) in [5.41, 5.74) is 2.41. The van der Waals surface area contributed by atoms with Crippen molar-refractivity contribution in [2.45, 2.75) is 27.7 Å². The molecule has 26 heavy (non-hydrogen) atoms. The number of nitrogens with zero attached hydrogens (tertiary/aromatic N) is 8. The van der Waals surface area contributed by atoms with Crippen LogP contribution in [0, 0.1) is 33.5 Å². The highest BCUT2D eigenvalue weighted by Gasteiger charge is 2.25. The Morgan fingerprint density at radius 2 is 1.58 bits per heavy atom. The van der Waals surface area contributed by atoms with E-state index < -0.39 is 0 Å². The highest BCUT2D eigenvalue weighted by Crippen LogP contribution is 2.26. The maximum Gasteiger partial charge on any atom is 0.254 e. The molecular formula is C17H21FN8. The van der Waals surface area contributed by atoms with Gasteiger partial charge in [0.05, 0.1) is 5.69 Å². The molecule has 8 nitrogen and oxygen atoms in total. The first-order valence-electron chi connectivity index (χ1n) is 8.63. The van der Waals surface area contributed by atoms with Crippen molar-refractivity contribution >= 4 is 17.4 Å². The molecule has 9 heteroatoms. The average molecular weight is 356 g/mol. The van der Waals surface area contributed by atoms with Crippen molar-refractivity contribution in [3.05, 3.63) is 34.9 Å². The van der Waals surface area contributed by atoms with Gasteiger partial charge in [-0.2, -0.15) is 14.6 Å². The molecular weight excluding hydrogens is 335 g/mol. The Balaban J connectivity index is 1.62. The molecule has 0 saturated carbocycles. The van der Waals surface area contributed by atoms with E-state index in [2.05, 4.69) is 29.9 Å². The molecule has 1 saturated heterocycles. The molecule has 0 amide bonds. The van der Waals surface area contributed by atoms with Crippen LogP contribution in [0.1, 0.15) is 22.8 Å². The quantitative estimate of drug-likeness (QED) is 0.690. The second-order valence-corrected chi connectivity index (χ2v) is 6.59. The van der Waals surface area contributed by atoms with Gasteiger partial charge in [0.2, 0.25) is 0 Å². The standard InChI is InChI=1S/C17H21FN8/c1-10-11(2)22-17-19-9-20-26(17)16(10)25-7-5-24(6-8-25)15-14(18)12(3)21-13(4)23-15/h9H,5-8H2,1-4H3. The maximum atomic E-state index is 14.5. The molecule has 0 bridgehead atoms. The third kappa shape index (κ3) is 2.63. The van der Waals surface area contributed by atoms with E-state index in [4.69, 9.17) is 0 Å². The van der Waals surface area contributed by atoms with Crippen LogP contribution in [0.2, 0.25) is 0 Å². The monoisotopic (exact) mass is 356 g/mol. The van der Waals surface area contributed by atoms with Crippen LogP contribution in [0.15, 0.2) is 6.33 Å². The van der Waals surface area contributed by atoms with Gasteiger partial charge in [-0.05, 0) is 27.7 Å². The van der Waals surface area contributed by atoms with E-state index in [-0.39, 0.29) is 5.82 Å². The Bertz CT molecular complexity index is 975. The Labute approximate surface area is 150 Å². The number of hydrogen-bond acceptors (Lipinski definition) is 7.